The van der Waals surface area contributed by atoms with Gasteiger partial charge in [-0.2, -0.15) is 0 Å². The van der Waals surface area contributed by atoms with Gasteiger partial charge in [-0.05, 0) is 67.3 Å². The largest absolute Gasteiger partial charge is 1.00 e. The van der Waals surface area contributed by atoms with Gasteiger partial charge < -0.3 is 19.4 Å². The van der Waals surface area contributed by atoms with Gasteiger partial charge in [0, 0.05) is 35.5 Å². The quantitative estimate of drug-likeness (QED) is 0.357. The van der Waals surface area contributed by atoms with Crippen LogP contribution in [0.3, 0.4) is 0 Å². The fraction of sp³-hybridized carbons (Fsp3) is 0.231. The van der Waals surface area contributed by atoms with Gasteiger partial charge in [0.05, 0.1) is 11.6 Å². The van der Waals surface area contributed by atoms with Crippen molar-refractivity contribution in [1.82, 2.24) is 0 Å². The van der Waals surface area contributed by atoms with Crippen LogP contribution in [0.4, 0.5) is 4.39 Å². The maximum Gasteiger partial charge on any atom is 1.00 e. The number of ketones is 1. The number of ether oxygens (including phenoxy) is 2. The van der Waals surface area contributed by atoms with Gasteiger partial charge in [0.15, 0.2) is 5.78 Å². The van der Waals surface area contributed by atoms with Crippen molar-refractivity contribution in [3.05, 3.63) is 88.2 Å². The average Bonchev–Trinajstić information content (AvgIpc) is 2.81. The van der Waals surface area contributed by atoms with Crippen LogP contribution >= 0.6 is 11.6 Å². The molecule has 0 bridgehead atoms. The summed E-state index contributed by atoms with van der Waals surface area (Å²) in [6.45, 7) is 0.269. The average molecular weight is 491 g/mol. The SMILES string of the molecule is O=C(CCCc1ccc(F)cc1)c1ccc(Oc2cc3c(cc2Cl)C(C(=O)[O-])CCO3)cc1.[Na+]. The van der Waals surface area contributed by atoms with Gasteiger partial charge in [-0.3, -0.25) is 4.79 Å². The third-order valence-electron chi connectivity index (χ3n) is 5.57. The van der Waals surface area contributed by atoms with Gasteiger partial charge in [-0.15, -0.1) is 0 Å². The zero-order chi connectivity index (χ0) is 23.4. The van der Waals surface area contributed by atoms with Crippen LogP contribution in [0.2, 0.25) is 5.02 Å². The molecule has 8 heteroatoms. The molecule has 0 amide bonds. The number of Topliss-reactive ketones (excluding diaryl/α,β-unsaturated/α-hetero) is 1. The van der Waals surface area contributed by atoms with Gasteiger partial charge in [0.2, 0.25) is 0 Å². The van der Waals surface area contributed by atoms with E-state index >= 15 is 0 Å². The number of hydrogen-bond donors (Lipinski definition) is 0. The van der Waals surface area contributed by atoms with Gasteiger partial charge in [0.1, 0.15) is 23.1 Å². The standard InChI is InChI=1S/C26H22ClFO5.Na/c27-22-14-21-20(26(30)31)12-13-32-24(21)15-25(22)33-19-10-6-17(7-11-19)23(29)3-1-2-16-4-8-18(28)9-5-16;/h4-11,14-15,20H,1-3,12-13H2,(H,30,31);/q;+1/p-1. The maximum atomic E-state index is 13.0. The molecule has 1 unspecified atom stereocenters. The van der Waals surface area contributed by atoms with Gasteiger partial charge in [-0.25, -0.2) is 4.39 Å². The number of benzene rings is 3. The number of rotatable bonds is 8. The summed E-state index contributed by atoms with van der Waals surface area (Å²) in [6, 6.07) is 16.1. The Balaban J connectivity index is 0.00000324. The summed E-state index contributed by atoms with van der Waals surface area (Å²) in [6.07, 6.45) is 2.07. The van der Waals surface area contributed by atoms with E-state index in [1.807, 2.05) is 0 Å². The van der Waals surface area contributed by atoms with Crippen LogP contribution in [0.1, 0.15) is 46.7 Å². The summed E-state index contributed by atoms with van der Waals surface area (Å²) in [5, 5.41) is 11.6. The fourth-order valence-corrected chi connectivity index (χ4v) is 4.01. The molecule has 0 aliphatic carbocycles. The molecule has 1 aliphatic heterocycles. The van der Waals surface area contributed by atoms with E-state index in [-0.39, 0.29) is 52.8 Å². The van der Waals surface area contributed by atoms with Crippen molar-refractivity contribution < 1.29 is 58.1 Å². The number of carbonyl (C=O) groups is 2. The number of carboxylic acids is 1. The second-order valence-corrected chi connectivity index (χ2v) is 8.27. The smallest absolute Gasteiger partial charge is 0.549 e. The van der Waals surface area contributed by atoms with Crippen LogP contribution in [0.25, 0.3) is 0 Å². The predicted molar refractivity (Wildman–Crippen MR) is 119 cm³/mol. The Labute approximate surface area is 224 Å². The Morgan fingerprint density at radius 3 is 2.47 bits per heavy atom. The molecule has 4 rings (SSSR count). The van der Waals surface area contributed by atoms with Crippen LogP contribution in [0.5, 0.6) is 17.2 Å². The van der Waals surface area contributed by atoms with Crippen LogP contribution < -0.4 is 44.1 Å². The van der Waals surface area contributed by atoms with Crippen molar-refractivity contribution >= 4 is 23.4 Å². The van der Waals surface area contributed by atoms with E-state index in [1.54, 1.807) is 42.5 Å². The zero-order valence-corrected chi connectivity index (χ0v) is 21.4. The minimum Gasteiger partial charge on any atom is -0.549 e. The summed E-state index contributed by atoms with van der Waals surface area (Å²) < 4.78 is 24.4. The number of hydrogen-bond acceptors (Lipinski definition) is 5. The second-order valence-electron chi connectivity index (χ2n) is 7.86. The topological polar surface area (TPSA) is 75.7 Å². The molecule has 34 heavy (non-hydrogen) atoms. The first-order valence-corrected chi connectivity index (χ1v) is 11.0. The molecule has 0 aromatic heterocycles. The molecule has 1 heterocycles. The number of carbonyl (C=O) groups excluding carboxylic acids is 2. The fourth-order valence-electron chi connectivity index (χ4n) is 3.80. The van der Waals surface area contributed by atoms with Gasteiger partial charge in [0.25, 0.3) is 0 Å². The van der Waals surface area contributed by atoms with E-state index in [4.69, 9.17) is 21.1 Å². The van der Waals surface area contributed by atoms with Crippen LogP contribution in [0.15, 0.2) is 60.7 Å². The Morgan fingerprint density at radius 1 is 1.09 bits per heavy atom. The van der Waals surface area contributed by atoms with E-state index in [2.05, 4.69) is 0 Å². The first kappa shape index (κ1) is 26.2. The number of carboxylic acid groups (broad SMARTS) is 1. The maximum absolute atomic E-state index is 13.0. The molecule has 0 radical (unpaired) electrons. The van der Waals surface area contributed by atoms with Crippen molar-refractivity contribution in [1.29, 1.82) is 0 Å². The molecule has 0 saturated heterocycles. The summed E-state index contributed by atoms with van der Waals surface area (Å²) in [7, 11) is 0. The zero-order valence-electron chi connectivity index (χ0n) is 18.7. The number of fused-ring (bicyclic) bond motifs is 1. The first-order valence-electron chi connectivity index (χ1n) is 10.6. The van der Waals surface area contributed by atoms with Gasteiger partial charge >= 0.3 is 29.6 Å². The van der Waals surface area contributed by atoms with Crippen molar-refractivity contribution in [3.63, 3.8) is 0 Å². The van der Waals surface area contributed by atoms with E-state index < -0.39 is 11.9 Å². The van der Waals surface area contributed by atoms with Crippen LogP contribution in [-0.4, -0.2) is 18.4 Å². The molecule has 0 N–H and O–H groups in total. The third kappa shape index (κ3) is 6.39. The normalized spacial score (nSPS) is 14.4. The Bertz CT molecular complexity index is 1170. The van der Waals surface area contributed by atoms with Crippen LogP contribution in [-0.2, 0) is 11.2 Å². The van der Waals surface area contributed by atoms with Gasteiger partial charge in [-0.1, -0.05) is 23.7 Å². The Morgan fingerprint density at radius 2 is 1.79 bits per heavy atom. The Kier molecular flexibility index (Phi) is 9.14. The summed E-state index contributed by atoms with van der Waals surface area (Å²) in [5.41, 5.74) is 2.03. The molecular formula is C26H21ClFNaO5. The molecule has 0 spiro atoms. The number of aryl methyl sites for hydroxylation is 1. The second kappa shape index (κ2) is 11.8. The van der Waals surface area contributed by atoms with Crippen molar-refractivity contribution in [2.45, 2.75) is 31.6 Å². The molecule has 1 atom stereocenters. The van der Waals surface area contributed by atoms with Crippen molar-refractivity contribution in [2.24, 2.45) is 0 Å². The summed E-state index contributed by atoms with van der Waals surface area (Å²) in [4.78, 5) is 23.8. The van der Waals surface area contributed by atoms with E-state index in [0.717, 1.165) is 5.56 Å². The minimum absolute atomic E-state index is 0. The Hall–Kier alpha value is -2.38. The molecule has 0 saturated carbocycles. The molecule has 3 aromatic rings. The number of halogens is 2. The molecule has 3 aromatic carbocycles. The van der Waals surface area contributed by atoms with Crippen LogP contribution in [0, 0.1) is 5.82 Å². The van der Waals surface area contributed by atoms with Crippen molar-refractivity contribution in [3.8, 4) is 17.2 Å². The molecule has 5 nitrogen and oxygen atoms in total. The number of aliphatic carboxylic acids is 1. The van der Waals surface area contributed by atoms with E-state index in [9.17, 15) is 19.1 Å². The monoisotopic (exact) mass is 490 g/mol. The first-order chi connectivity index (χ1) is 15.9. The van der Waals surface area contributed by atoms with E-state index in [1.165, 1.54) is 18.2 Å². The minimum atomic E-state index is -1.16. The van der Waals surface area contributed by atoms with E-state index in [0.29, 0.717) is 54.1 Å². The molecular weight excluding hydrogens is 470 g/mol. The van der Waals surface area contributed by atoms with Crippen molar-refractivity contribution in [2.75, 3.05) is 6.61 Å². The molecule has 0 fully saturated rings. The molecule has 170 valence electrons. The summed E-state index contributed by atoms with van der Waals surface area (Å²) >= 11 is 6.31. The molecule has 1 aliphatic rings. The predicted octanol–water partition coefficient (Wildman–Crippen LogP) is 2.10. The third-order valence-corrected chi connectivity index (χ3v) is 5.87. The summed E-state index contributed by atoms with van der Waals surface area (Å²) in [5.74, 6) is -0.987.